The van der Waals surface area contributed by atoms with Gasteiger partial charge in [0.25, 0.3) is 0 Å². The van der Waals surface area contributed by atoms with E-state index >= 15 is 0 Å². The normalized spacial score (nSPS) is 15.7. The lowest BCUT2D eigenvalue weighted by atomic mass is 10.1. The topological polar surface area (TPSA) is 32.3 Å². The van der Waals surface area contributed by atoms with Crippen LogP contribution in [0.15, 0.2) is 18.2 Å². The van der Waals surface area contributed by atoms with Crippen molar-refractivity contribution in [1.29, 1.82) is 0 Å². The van der Waals surface area contributed by atoms with Crippen LogP contribution in [0.3, 0.4) is 0 Å². The van der Waals surface area contributed by atoms with E-state index in [9.17, 15) is 4.79 Å². The van der Waals surface area contributed by atoms with E-state index in [1.54, 1.807) is 0 Å². The number of hydrogen-bond donors (Lipinski definition) is 1. The van der Waals surface area contributed by atoms with Crippen LogP contribution in [0.25, 0.3) is 0 Å². The Morgan fingerprint density at radius 2 is 1.89 bits per heavy atom. The molecule has 0 aliphatic carbocycles. The van der Waals surface area contributed by atoms with E-state index in [1.165, 1.54) is 30.5 Å². The fourth-order valence-electron chi connectivity index (χ4n) is 2.45. The van der Waals surface area contributed by atoms with Gasteiger partial charge in [0.1, 0.15) is 0 Å². The summed E-state index contributed by atoms with van der Waals surface area (Å²) < 4.78 is 0. The molecule has 3 nitrogen and oxygen atoms in total. The summed E-state index contributed by atoms with van der Waals surface area (Å²) in [6, 6.07) is 6.20. The maximum Gasteiger partial charge on any atom is 0.226 e. The zero-order valence-corrected chi connectivity index (χ0v) is 12.2. The third-order valence-electron chi connectivity index (χ3n) is 3.70. The van der Waals surface area contributed by atoms with E-state index < -0.39 is 0 Å². The quantitative estimate of drug-likeness (QED) is 0.901. The van der Waals surface area contributed by atoms with E-state index in [1.807, 2.05) is 19.9 Å². The molecule has 0 aromatic heterocycles. The first-order chi connectivity index (χ1) is 9.08. The predicted molar refractivity (Wildman–Crippen MR) is 80.7 cm³/mol. The van der Waals surface area contributed by atoms with E-state index in [2.05, 4.69) is 29.3 Å². The van der Waals surface area contributed by atoms with Gasteiger partial charge in [0.05, 0.1) is 0 Å². The average molecular weight is 260 g/mol. The SMILES string of the molecule is Cc1ccc(NC(=O)C(C)C)cc1N1CCCCC1. The monoisotopic (exact) mass is 260 g/mol. The van der Waals surface area contributed by atoms with Crippen molar-refractivity contribution in [3.05, 3.63) is 23.8 Å². The first-order valence-electron chi connectivity index (χ1n) is 7.24. The van der Waals surface area contributed by atoms with Gasteiger partial charge in [-0.15, -0.1) is 0 Å². The highest BCUT2D eigenvalue weighted by Crippen LogP contribution is 2.27. The Morgan fingerprint density at radius 1 is 1.21 bits per heavy atom. The molecule has 0 spiro atoms. The molecule has 1 aromatic rings. The van der Waals surface area contributed by atoms with Crippen LogP contribution in [0, 0.1) is 12.8 Å². The molecular weight excluding hydrogens is 236 g/mol. The summed E-state index contributed by atoms with van der Waals surface area (Å²) in [6.07, 6.45) is 3.86. The van der Waals surface area contributed by atoms with Gasteiger partial charge in [-0.05, 0) is 43.9 Å². The average Bonchev–Trinajstić information content (AvgIpc) is 2.41. The van der Waals surface area contributed by atoms with Crippen LogP contribution in [0.5, 0.6) is 0 Å². The zero-order valence-electron chi connectivity index (χ0n) is 12.2. The summed E-state index contributed by atoms with van der Waals surface area (Å²) in [5, 5.41) is 2.98. The second kappa shape index (κ2) is 6.09. The number of rotatable bonds is 3. The molecule has 1 aliphatic rings. The fraction of sp³-hybridized carbons (Fsp3) is 0.562. The highest BCUT2D eigenvalue weighted by molar-refractivity contribution is 5.92. The first kappa shape index (κ1) is 13.9. The molecule has 0 radical (unpaired) electrons. The van der Waals surface area contributed by atoms with Gasteiger partial charge in [-0.1, -0.05) is 19.9 Å². The zero-order chi connectivity index (χ0) is 13.8. The van der Waals surface area contributed by atoms with Crippen LogP contribution < -0.4 is 10.2 Å². The second-order valence-corrected chi connectivity index (χ2v) is 5.69. The molecule has 19 heavy (non-hydrogen) atoms. The van der Waals surface area contributed by atoms with Crippen molar-refractivity contribution in [3.8, 4) is 0 Å². The Kier molecular flexibility index (Phi) is 4.46. The molecule has 0 unspecified atom stereocenters. The van der Waals surface area contributed by atoms with Gasteiger partial charge in [0, 0.05) is 30.4 Å². The number of carbonyl (C=O) groups excluding carboxylic acids is 1. The van der Waals surface area contributed by atoms with Crippen LogP contribution in [0.2, 0.25) is 0 Å². The van der Waals surface area contributed by atoms with Crippen molar-refractivity contribution in [1.82, 2.24) is 0 Å². The van der Waals surface area contributed by atoms with Gasteiger partial charge in [-0.25, -0.2) is 0 Å². The van der Waals surface area contributed by atoms with Gasteiger partial charge in [-0.3, -0.25) is 4.79 Å². The molecule has 2 rings (SSSR count). The van der Waals surface area contributed by atoms with Crippen molar-refractivity contribution >= 4 is 17.3 Å². The van der Waals surface area contributed by atoms with Gasteiger partial charge in [-0.2, -0.15) is 0 Å². The van der Waals surface area contributed by atoms with Crippen LogP contribution in [-0.4, -0.2) is 19.0 Å². The molecule has 3 heteroatoms. The van der Waals surface area contributed by atoms with Crippen LogP contribution in [-0.2, 0) is 4.79 Å². The Bertz CT molecular complexity index is 448. The number of nitrogens with zero attached hydrogens (tertiary/aromatic N) is 1. The Labute approximate surface area is 116 Å². The number of anilines is 2. The molecule has 1 aliphatic heterocycles. The van der Waals surface area contributed by atoms with Crippen molar-refractivity contribution in [2.75, 3.05) is 23.3 Å². The molecule has 0 bridgehead atoms. The molecule has 1 saturated heterocycles. The Hall–Kier alpha value is -1.51. The molecule has 1 heterocycles. The number of hydrogen-bond acceptors (Lipinski definition) is 2. The standard InChI is InChI=1S/C16H24N2O/c1-12(2)16(19)17-14-8-7-13(3)15(11-14)18-9-5-4-6-10-18/h7-8,11-12H,4-6,9-10H2,1-3H3,(H,17,19). The van der Waals surface area contributed by atoms with Crippen molar-refractivity contribution in [2.24, 2.45) is 5.92 Å². The largest absolute Gasteiger partial charge is 0.371 e. The molecule has 104 valence electrons. The summed E-state index contributed by atoms with van der Waals surface area (Å²) in [7, 11) is 0. The van der Waals surface area contributed by atoms with Gasteiger partial charge in [0.2, 0.25) is 5.91 Å². The highest BCUT2D eigenvalue weighted by atomic mass is 16.1. The maximum atomic E-state index is 11.8. The van der Waals surface area contributed by atoms with Crippen molar-refractivity contribution in [3.63, 3.8) is 0 Å². The summed E-state index contributed by atoms with van der Waals surface area (Å²) >= 11 is 0. The summed E-state index contributed by atoms with van der Waals surface area (Å²) in [6.45, 7) is 8.22. The lowest BCUT2D eigenvalue weighted by Crippen LogP contribution is -2.30. The molecule has 1 amide bonds. The summed E-state index contributed by atoms with van der Waals surface area (Å²) in [5.41, 5.74) is 3.45. The summed E-state index contributed by atoms with van der Waals surface area (Å²) in [4.78, 5) is 14.2. The van der Waals surface area contributed by atoms with Gasteiger partial charge in [0.15, 0.2) is 0 Å². The minimum Gasteiger partial charge on any atom is -0.371 e. The number of benzene rings is 1. The first-order valence-corrected chi connectivity index (χ1v) is 7.24. The minimum atomic E-state index is 0.0136. The number of nitrogens with one attached hydrogen (secondary N) is 1. The number of aryl methyl sites for hydroxylation is 1. The Balaban J connectivity index is 2.16. The summed E-state index contributed by atoms with van der Waals surface area (Å²) in [5.74, 6) is 0.0909. The molecule has 1 fully saturated rings. The van der Waals surface area contributed by atoms with E-state index in [-0.39, 0.29) is 11.8 Å². The molecule has 0 atom stereocenters. The van der Waals surface area contributed by atoms with E-state index in [4.69, 9.17) is 0 Å². The van der Waals surface area contributed by atoms with Crippen LogP contribution >= 0.6 is 0 Å². The Morgan fingerprint density at radius 3 is 2.53 bits per heavy atom. The van der Waals surface area contributed by atoms with Gasteiger partial charge >= 0.3 is 0 Å². The molecular formula is C16H24N2O. The molecule has 0 saturated carbocycles. The van der Waals surface area contributed by atoms with E-state index in [0.29, 0.717) is 0 Å². The van der Waals surface area contributed by atoms with Crippen LogP contribution in [0.4, 0.5) is 11.4 Å². The maximum absolute atomic E-state index is 11.8. The second-order valence-electron chi connectivity index (χ2n) is 5.69. The van der Waals surface area contributed by atoms with Gasteiger partial charge < -0.3 is 10.2 Å². The number of amides is 1. The van der Waals surface area contributed by atoms with E-state index in [0.717, 1.165) is 18.8 Å². The minimum absolute atomic E-state index is 0.0136. The van der Waals surface area contributed by atoms with Crippen LogP contribution in [0.1, 0.15) is 38.7 Å². The smallest absolute Gasteiger partial charge is 0.226 e. The lowest BCUT2D eigenvalue weighted by Gasteiger charge is -2.30. The third kappa shape index (κ3) is 3.49. The third-order valence-corrected chi connectivity index (χ3v) is 3.70. The highest BCUT2D eigenvalue weighted by Gasteiger charge is 2.14. The number of carbonyl (C=O) groups is 1. The lowest BCUT2D eigenvalue weighted by molar-refractivity contribution is -0.118. The van der Waals surface area contributed by atoms with Crippen molar-refractivity contribution in [2.45, 2.75) is 40.0 Å². The molecule has 1 aromatic carbocycles. The predicted octanol–water partition coefficient (Wildman–Crippen LogP) is 3.58. The fourth-order valence-corrected chi connectivity index (χ4v) is 2.45. The van der Waals surface area contributed by atoms with Crippen molar-refractivity contribution < 1.29 is 4.79 Å². The number of piperidine rings is 1. The molecule has 1 N–H and O–H groups in total.